The molecular weight excluding hydrogens is 611 g/mol. The molecule has 0 unspecified atom stereocenters. The number of para-hydroxylation sites is 1. The fourth-order valence-electron chi connectivity index (χ4n) is 7.78. The normalized spacial score (nSPS) is 12.7. The van der Waals surface area contributed by atoms with Gasteiger partial charge in [0.25, 0.3) is 0 Å². The summed E-state index contributed by atoms with van der Waals surface area (Å²) in [4.78, 5) is 9.85. The second-order valence-corrected chi connectivity index (χ2v) is 13.2. The first-order chi connectivity index (χ1) is 24.5. The van der Waals surface area contributed by atoms with Gasteiger partial charge in [0, 0.05) is 32.9 Å². The third-order valence-corrected chi connectivity index (χ3v) is 10.1. The first-order valence-corrected chi connectivity index (χ1v) is 16.6. The monoisotopic (exact) mass is 639 g/mol. The molecule has 6 aromatic carbocycles. The summed E-state index contributed by atoms with van der Waals surface area (Å²) in [6, 6.07) is 51.8. The zero-order valence-electron chi connectivity index (χ0n) is 27.5. The minimum absolute atomic E-state index is 0.129. The zero-order chi connectivity index (χ0) is 34.0. The Bertz CT molecular complexity index is 2740. The Hall–Kier alpha value is -6.82. The first-order valence-electron chi connectivity index (χ1n) is 16.6. The van der Waals surface area contributed by atoms with E-state index < -0.39 is 0 Å². The van der Waals surface area contributed by atoms with Gasteiger partial charge in [-0.3, -0.25) is 0 Å². The molecule has 2 aromatic heterocycles. The highest BCUT2D eigenvalue weighted by Crippen LogP contribution is 2.53. The molecule has 0 fully saturated rings. The number of hydrogen-bond acceptors (Lipinski definition) is 4. The predicted octanol–water partition coefficient (Wildman–Crippen LogP) is 10.6. The number of nitriles is 2. The molecule has 9 rings (SSSR count). The molecule has 1 aliphatic carbocycles. The maximum Gasteiger partial charge on any atom is 0.160 e. The van der Waals surface area contributed by atoms with Crippen molar-refractivity contribution in [2.75, 3.05) is 0 Å². The third-order valence-electron chi connectivity index (χ3n) is 10.1. The fourth-order valence-corrected chi connectivity index (χ4v) is 7.78. The molecule has 0 aliphatic heterocycles. The van der Waals surface area contributed by atoms with Gasteiger partial charge in [-0.05, 0) is 46.5 Å². The van der Waals surface area contributed by atoms with E-state index in [4.69, 9.17) is 9.97 Å². The lowest BCUT2D eigenvalue weighted by molar-refractivity contribution is 0.661. The van der Waals surface area contributed by atoms with Crippen LogP contribution in [0.4, 0.5) is 0 Å². The summed E-state index contributed by atoms with van der Waals surface area (Å²) < 4.78 is 2.21. The summed E-state index contributed by atoms with van der Waals surface area (Å²) in [7, 11) is 0. The highest BCUT2D eigenvalue weighted by atomic mass is 15.0. The quantitative estimate of drug-likeness (QED) is 0.192. The molecule has 234 valence electrons. The number of aromatic nitrogens is 3. The molecule has 5 heteroatoms. The molecule has 0 amide bonds. The smallest absolute Gasteiger partial charge is 0.160 e. The first kappa shape index (κ1) is 29.3. The molecule has 0 saturated heterocycles. The van der Waals surface area contributed by atoms with Gasteiger partial charge < -0.3 is 4.57 Å². The molecule has 0 spiro atoms. The molecule has 0 saturated carbocycles. The molecule has 50 heavy (non-hydrogen) atoms. The third kappa shape index (κ3) is 4.24. The summed E-state index contributed by atoms with van der Waals surface area (Å²) in [6.45, 7) is 4.59. The van der Waals surface area contributed by atoms with Crippen molar-refractivity contribution in [3.05, 3.63) is 162 Å². The topological polar surface area (TPSA) is 78.3 Å². The van der Waals surface area contributed by atoms with Gasteiger partial charge in [0.05, 0.1) is 33.7 Å². The molecule has 2 heterocycles. The zero-order valence-corrected chi connectivity index (χ0v) is 27.5. The van der Waals surface area contributed by atoms with E-state index in [0.29, 0.717) is 33.9 Å². The Morgan fingerprint density at radius 2 is 1.24 bits per heavy atom. The van der Waals surface area contributed by atoms with Crippen molar-refractivity contribution in [3.8, 4) is 62.9 Å². The van der Waals surface area contributed by atoms with E-state index in [1.165, 1.54) is 27.6 Å². The second kappa shape index (κ2) is 11.1. The van der Waals surface area contributed by atoms with Gasteiger partial charge in [0.1, 0.15) is 17.7 Å². The molecule has 8 aromatic rings. The largest absolute Gasteiger partial charge is 0.308 e. The summed E-state index contributed by atoms with van der Waals surface area (Å²) in [5, 5.41) is 23.6. The van der Waals surface area contributed by atoms with Gasteiger partial charge in [-0.25, -0.2) is 9.97 Å². The average molecular weight is 640 g/mol. The fraction of sp³-hybridized carbons (Fsp3) is 0.0667. The number of nitrogens with zero attached hydrogens (tertiary/aromatic N) is 5. The Kier molecular flexibility index (Phi) is 6.53. The van der Waals surface area contributed by atoms with Crippen molar-refractivity contribution in [2.24, 2.45) is 0 Å². The highest BCUT2D eigenvalue weighted by Gasteiger charge is 2.37. The number of rotatable bonds is 4. The van der Waals surface area contributed by atoms with Gasteiger partial charge in [-0.15, -0.1) is 0 Å². The van der Waals surface area contributed by atoms with Crippen LogP contribution in [0.3, 0.4) is 0 Å². The lowest BCUT2D eigenvalue weighted by atomic mass is 9.82. The van der Waals surface area contributed by atoms with Crippen molar-refractivity contribution in [2.45, 2.75) is 19.3 Å². The Morgan fingerprint density at radius 3 is 1.98 bits per heavy atom. The molecule has 0 bridgehead atoms. The summed E-state index contributed by atoms with van der Waals surface area (Å²) in [6.07, 6.45) is 0. The minimum Gasteiger partial charge on any atom is -0.308 e. The van der Waals surface area contributed by atoms with Crippen molar-refractivity contribution in [1.82, 2.24) is 14.5 Å². The van der Waals surface area contributed by atoms with Crippen LogP contribution in [0, 0.1) is 22.7 Å². The number of fused-ring (bicyclic) bond motifs is 7. The van der Waals surface area contributed by atoms with Crippen molar-refractivity contribution >= 4 is 21.8 Å². The van der Waals surface area contributed by atoms with Crippen molar-refractivity contribution < 1.29 is 0 Å². The Labute approximate surface area is 290 Å². The van der Waals surface area contributed by atoms with Crippen LogP contribution in [0.1, 0.15) is 36.1 Å². The van der Waals surface area contributed by atoms with Gasteiger partial charge >= 0.3 is 0 Å². The number of hydrogen-bond donors (Lipinski definition) is 0. The summed E-state index contributed by atoms with van der Waals surface area (Å²) >= 11 is 0. The van der Waals surface area contributed by atoms with Crippen LogP contribution in [0.25, 0.3) is 72.5 Å². The highest BCUT2D eigenvalue weighted by molar-refractivity contribution is 6.18. The molecule has 0 radical (unpaired) electrons. The Morgan fingerprint density at radius 1 is 0.580 bits per heavy atom. The van der Waals surface area contributed by atoms with E-state index in [2.05, 4.69) is 85.2 Å². The van der Waals surface area contributed by atoms with Crippen LogP contribution in [0.15, 0.2) is 140 Å². The molecule has 1 aliphatic rings. The van der Waals surface area contributed by atoms with Gasteiger partial charge in [0.2, 0.25) is 0 Å². The van der Waals surface area contributed by atoms with Crippen LogP contribution in [-0.2, 0) is 5.41 Å². The van der Waals surface area contributed by atoms with E-state index in [0.717, 1.165) is 33.2 Å². The average Bonchev–Trinajstić information content (AvgIpc) is 3.63. The van der Waals surface area contributed by atoms with Gasteiger partial charge in [-0.2, -0.15) is 10.5 Å². The molecule has 5 nitrogen and oxygen atoms in total. The van der Waals surface area contributed by atoms with Crippen molar-refractivity contribution in [1.29, 1.82) is 10.5 Å². The van der Waals surface area contributed by atoms with Crippen LogP contribution >= 0.6 is 0 Å². The maximum absolute atomic E-state index is 10.7. The summed E-state index contributed by atoms with van der Waals surface area (Å²) in [5.74, 6) is 0.514. The molecule has 0 N–H and O–H groups in total. The van der Waals surface area contributed by atoms with E-state index >= 15 is 0 Å². The number of benzene rings is 6. The van der Waals surface area contributed by atoms with E-state index in [9.17, 15) is 10.5 Å². The molecule has 0 atom stereocenters. The van der Waals surface area contributed by atoms with Crippen LogP contribution < -0.4 is 0 Å². The van der Waals surface area contributed by atoms with Crippen LogP contribution in [-0.4, -0.2) is 14.5 Å². The van der Waals surface area contributed by atoms with Crippen LogP contribution in [0.5, 0.6) is 0 Å². The lowest BCUT2D eigenvalue weighted by Crippen LogP contribution is -2.14. The SMILES string of the molecule is CC1(C)c2ccccc2-c2c1ccc1c2c2ccccc2n1-c1ccc(-c2nc(-c3ccccc3)nc(-c3ccccc3)c2C#N)cc1C#N. The lowest BCUT2D eigenvalue weighted by Gasteiger charge is -2.21. The second-order valence-electron chi connectivity index (χ2n) is 13.2. The van der Waals surface area contributed by atoms with E-state index in [1.807, 2.05) is 84.9 Å². The maximum atomic E-state index is 10.7. The van der Waals surface area contributed by atoms with Gasteiger partial charge in [-0.1, -0.05) is 129 Å². The van der Waals surface area contributed by atoms with E-state index in [1.54, 1.807) is 0 Å². The molecular formula is C45H29N5. The van der Waals surface area contributed by atoms with Crippen molar-refractivity contribution in [3.63, 3.8) is 0 Å². The Balaban J connectivity index is 1.29. The van der Waals surface area contributed by atoms with Gasteiger partial charge in [0.15, 0.2) is 5.82 Å². The predicted molar refractivity (Wildman–Crippen MR) is 200 cm³/mol. The van der Waals surface area contributed by atoms with E-state index in [-0.39, 0.29) is 5.41 Å². The summed E-state index contributed by atoms with van der Waals surface area (Å²) in [5.41, 5.74) is 12.1. The standard InChI is InChI=1S/C45H29N5/c1-45(2)35-19-11-9-17-32(35)40-36(45)22-24-39-41(40)33-18-10-12-20-38(33)50(39)37-23-21-30(25-31(37)26-46)43-34(27-47)42(28-13-5-3-6-14-28)48-44(49-43)29-15-7-4-8-16-29/h3-25H,1-2H3. The van der Waals surface area contributed by atoms with Crippen LogP contribution in [0.2, 0.25) is 0 Å². The minimum atomic E-state index is -0.129.